The summed E-state index contributed by atoms with van der Waals surface area (Å²) in [6, 6.07) is 3.95. The van der Waals surface area contributed by atoms with Gasteiger partial charge < -0.3 is 20.1 Å². The average Bonchev–Trinajstić information content (AvgIpc) is 2.82. The van der Waals surface area contributed by atoms with Crippen LogP contribution in [0.15, 0.2) is 17.5 Å². The van der Waals surface area contributed by atoms with Gasteiger partial charge in [0.05, 0.1) is 32.5 Å². The molecule has 1 aromatic heterocycles. The van der Waals surface area contributed by atoms with Crippen LogP contribution in [0.3, 0.4) is 0 Å². The van der Waals surface area contributed by atoms with Gasteiger partial charge in [-0.1, -0.05) is 6.07 Å². The molecule has 0 saturated heterocycles. The molecule has 104 valence electrons. The standard InChI is InChI=1S/C12H21NO4S/c14-5-3-13(4-6-15)8-11(16)9-17-10-12-2-1-7-18-12/h1-2,7,11,14-16H,3-6,8-10H2. The Balaban J connectivity index is 2.16. The molecule has 0 aliphatic rings. The molecule has 1 aromatic rings. The first kappa shape index (κ1) is 15.6. The molecular weight excluding hydrogens is 254 g/mol. The van der Waals surface area contributed by atoms with Gasteiger partial charge in [-0.25, -0.2) is 0 Å². The fourth-order valence-electron chi connectivity index (χ4n) is 1.62. The van der Waals surface area contributed by atoms with Crippen molar-refractivity contribution >= 4 is 11.3 Å². The van der Waals surface area contributed by atoms with Crippen LogP contribution in [0.5, 0.6) is 0 Å². The smallest absolute Gasteiger partial charge is 0.0900 e. The van der Waals surface area contributed by atoms with E-state index in [4.69, 9.17) is 14.9 Å². The van der Waals surface area contributed by atoms with Crippen LogP contribution in [0.1, 0.15) is 4.88 Å². The highest BCUT2D eigenvalue weighted by Gasteiger charge is 2.11. The lowest BCUT2D eigenvalue weighted by Gasteiger charge is -2.23. The third-order valence-electron chi connectivity index (χ3n) is 2.44. The minimum atomic E-state index is -0.608. The van der Waals surface area contributed by atoms with Gasteiger partial charge >= 0.3 is 0 Å². The number of rotatable bonds is 10. The zero-order chi connectivity index (χ0) is 13.2. The molecule has 1 atom stereocenters. The molecule has 0 bridgehead atoms. The van der Waals surface area contributed by atoms with Crippen molar-refractivity contribution in [1.82, 2.24) is 4.90 Å². The molecule has 0 aromatic carbocycles. The van der Waals surface area contributed by atoms with Crippen LogP contribution in [0, 0.1) is 0 Å². The number of hydrogen-bond donors (Lipinski definition) is 3. The Morgan fingerprint density at radius 2 is 2.00 bits per heavy atom. The van der Waals surface area contributed by atoms with Crippen LogP contribution < -0.4 is 0 Å². The molecule has 1 unspecified atom stereocenters. The molecule has 0 aliphatic heterocycles. The van der Waals surface area contributed by atoms with Gasteiger partial charge in [0.1, 0.15) is 0 Å². The molecule has 0 spiro atoms. The van der Waals surface area contributed by atoms with E-state index in [1.54, 1.807) is 16.2 Å². The summed E-state index contributed by atoms with van der Waals surface area (Å²) in [7, 11) is 0. The number of aliphatic hydroxyl groups is 3. The maximum Gasteiger partial charge on any atom is 0.0900 e. The van der Waals surface area contributed by atoms with Gasteiger partial charge in [0.2, 0.25) is 0 Å². The molecule has 0 aliphatic carbocycles. The van der Waals surface area contributed by atoms with Crippen molar-refractivity contribution in [3.05, 3.63) is 22.4 Å². The van der Waals surface area contributed by atoms with Gasteiger partial charge in [0.25, 0.3) is 0 Å². The summed E-state index contributed by atoms with van der Waals surface area (Å²) < 4.78 is 5.41. The lowest BCUT2D eigenvalue weighted by Crippen LogP contribution is -2.38. The van der Waals surface area contributed by atoms with Gasteiger partial charge in [-0.15, -0.1) is 11.3 Å². The highest BCUT2D eigenvalue weighted by atomic mass is 32.1. The van der Waals surface area contributed by atoms with Crippen molar-refractivity contribution in [2.75, 3.05) is 39.5 Å². The molecule has 1 rings (SSSR count). The Kier molecular flexibility index (Phi) is 8.15. The Hall–Kier alpha value is -0.500. The van der Waals surface area contributed by atoms with Crippen molar-refractivity contribution in [2.45, 2.75) is 12.7 Å². The molecule has 18 heavy (non-hydrogen) atoms. The second-order valence-corrected chi connectivity index (χ2v) is 5.03. The van der Waals surface area contributed by atoms with E-state index in [9.17, 15) is 5.11 Å². The van der Waals surface area contributed by atoms with Crippen molar-refractivity contribution < 1.29 is 20.1 Å². The second kappa shape index (κ2) is 9.43. The fraction of sp³-hybridized carbons (Fsp3) is 0.667. The highest BCUT2D eigenvalue weighted by molar-refractivity contribution is 7.09. The Morgan fingerprint density at radius 3 is 2.56 bits per heavy atom. The molecule has 0 radical (unpaired) electrons. The Labute approximate surface area is 111 Å². The van der Waals surface area contributed by atoms with Gasteiger partial charge in [-0.05, 0) is 11.4 Å². The fourth-order valence-corrected chi connectivity index (χ4v) is 2.26. The molecule has 5 nitrogen and oxygen atoms in total. The van der Waals surface area contributed by atoms with Crippen molar-refractivity contribution in [1.29, 1.82) is 0 Å². The topological polar surface area (TPSA) is 73.2 Å². The first-order valence-electron chi connectivity index (χ1n) is 5.98. The maximum absolute atomic E-state index is 9.77. The Bertz CT molecular complexity index is 288. The quantitative estimate of drug-likeness (QED) is 0.557. The monoisotopic (exact) mass is 275 g/mol. The summed E-state index contributed by atoms with van der Waals surface area (Å²) in [6.07, 6.45) is -0.608. The van der Waals surface area contributed by atoms with E-state index in [0.29, 0.717) is 26.2 Å². The largest absolute Gasteiger partial charge is 0.395 e. The number of ether oxygens (including phenoxy) is 1. The highest BCUT2D eigenvalue weighted by Crippen LogP contribution is 2.09. The summed E-state index contributed by atoms with van der Waals surface area (Å²) in [5.41, 5.74) is 0. The molecular formula is C12H21NO4S. The van der Waals surface area contributed by atoms with Crippen LogP contribution >= 0.6 is 11.3 Å². The van der Waals surface area contributed by atoms with Crippen molar-refractivity contribution in [2.24, 2.45) is 0 Å². The van der Waals surface area contributed by atoms with Gasteiger partial charge in [-0.3, -0.25) is 4.90 Å². The van der Waals surface area contributed by atoms with Crippen LogP contribution in [0.25, 0.3) is 0 Å². The molecule has 0 saturated carbocycles. The van der Waals surface area contributed by atoms with Crippen molar-refractivity contribution in [3.63, 3.8) is 0 Å². The van der Waals surface area contributed by atoms with Crippen LogP contribution in [-0.2, 0) is 11.3 Å². The summed E-state index contributed by atoms with van der Waals surface area (Å²) in [6.45, 7) is 2.09. The van der Waals surface area contributed by atoms with E-state index in [0.717, 1.165) is 4.88 Å². The summed E-state index contributed by atoms with van der Waals surface area (Å²) in [5, 5.41) is 29.4. The number of thiophene rings is 1. The zero-order valence-electron chi connectivity index (χ0n) is 10.4. The van der Waals surface area contributed by atoms with Gasteiger partial charge in [0, 0.05) is 24.5 Å². The summed E-state index contributed by atoms with van der Waals surface area (Å²) >= 11 is 1.62. The van der Waals surface area contributed by atoms with Crippen LogP contribution in [0.4, 0.5) is 0 Å². The normalized spacial score (nSPS) is 13.1. The van der Waals surface area contributed by atoms with Crippen molar-refractivity contribution in [3.8, 4) is 0 Å². The SMILES string of the molecule is OCCN(CCO)CC(O)COCc1cccs1. The lowest BCUT2D eigenvalue weighted by atomic mass is 10.3. The van der Waals surface area contributed by atoms with E-state index < -0.39 is 6.10 Å². The van der Waals surface area contributed by atoms with Gasteiger partial charge in [-0.2, -0.15) is 0 Å². The summed E-state index contributed by atoms with van der Waals surface area (Å²) in [4.78, 5) is 2.93. The first-order valence-corrected chi connectivity index (χ1v) is 6.86. The van der Waals surface area contributed by atoms with E-state index in [1.165, 1.54) is 0 Å². The first-order chi connectivity index (χ1) is 8.76. The van der Waals surface area contributed by atoms with Gasteiger partial charge in [0.15, 0.2) is 0 Å². The molecule has 0 amide bonds. The number of hydrogen-bond acceptors (Lipinski definition) is 6. The molecule has 3 N–H and O–H groups in total. The third kappa shape index (κ3) is 6.44. The maximum atomic E-state index is 9.77. The third-order valence-corrected chi connectivity index (χ3v) is 3.29. The minimum Gasteiger partial charge on any atom is -0.395 e. The molecule has 1 heterocycles. The average molecular weight is 275 g/mol. The molecule has 6 heteroatoms. The van der Waals surface area contributed by atoms with E-state index in [1.807, 2.05) is 17.5 Å². The lowest BCUT2D eigenvalue weighted by molar-refractivity contribution is 0.00595. The second-order valence-electron chi connectivity index (χ2n) is 4.00. The number of nitrogens with zero attached hydrogens (tertiary/aromatic N) is 1. The van der Waals surface area contributed by atoms with Crippen LogP contribution in [-0.4, -0.2) is 65.8 Å². The Morgan fingerprint density at radius 1 is 1.28 bits per heavy atom. The molecule has 0 fully saturated rings. The minimum absolute atomic E-state index is 0.0166. The summed E-state index contributed by atoms with van der Waals surface area (Å²) in [5.74, 6) is 0. The predicted molar refractivity (Wildman–Crippen MR) is 70.6 cm³/mol. The van der Waals surface area contributed by atoms with E-state index in [2.05, 4.69) is 0 Å². The number of aliphatic hydroxyl groups excluding tert-OH is 3. The zero-order valence-corrected chi connectivity index (χ0v) is 11.2. The van der Waals surface area contributed by atoms with E-state index in [-0.39, 0.29) is 19.8 Å². The van der Waals surface area contributed by atoms with Crippen LogP contribution in [0.2, 0.25) is 0 Å². The predicted octanol–water partition coefficient (Wildman–Crippen LogP) is -0.0878. The van der Waals surface area contributed by atoms with E-state index >= 15 is 0 Å².